The van der Waals surface area contributed by atoms with Crippen LogP contribution in [-0.2, 0) is 0 Å². The van der Waals surface area contributed by atoms with Gasteiger partial charge >= 0.3 is 0 Å². The molecule has 0 radical (unpaired) electrons. The molecule has 0 atom stereocenters. The topological polar surface area (TPSA) is 61.8 Å². The van der Waals surface area contributed by atoms with Crippen molar-refractivity contribution in [3.05, 3.63) is 0 Å². The van der Waals surface area contributed by atoms with Gasteiger partial charge in [0, 0.05) is 0 Å². The van der Waals surface area contributed by atoms with Gasteiger partial charge in [-0.2, -0.15) is 0 Å². The Kier molecular flexibility index (Phi) is 4.73. The first-order valence-electron chi connectivity index (χ1n) is 5.45. The van der Waals surface area contributed by atoms with Gasteiger partial charge in [-0.05, 0) is 31.8 Å². The predicted octanol–water partition coefficient (Wildman–Crippen LogP) is 1.24. The Hall–Kier alpha value is -0.770. The SMILES string of the molecule is CCCN(CCC1CC1)CC(N)=NO. The summed E-state index contributed by atoms with van der Waals surface area (Å²) in [6.45, 7) is 4.85. The van der Waals surface area contributed by atoms with Crippen LogP contribution in [0.3, 0.4) is 0 Å². The van der Waals surface area contributed by atoms with Crippen molar-refractivity contribution in [3.63, 3.8) is 0 Å². The molecule has 4 nitrogen and oxygen atoms in total. The van der Waals surface area contributed by atoms with Crippen molar-refractivity contribution in [2.24, 2.45) is 16.8 Å². The van der Waals surface area contributed by atoms with Gasteiger partial charge in [-0.3, -0.25) is 4.90 Å². The summed E-state index contributed by atoms with van der Waals surface area (Å²) in [5, 5.41) is 11.5. The molecule has 0 spiro atoms. The van der Waals surface area contributed by atoms with E-state index in [0.717, 1.165) is 25.4 Å². The number of rotatable bonds is 7. The van der Waals surface area contributed by atoms with E-state index >= 15 is 0 Å². The van der Waals surface area contributed by atoms with Gasteiger partial charge in [-0.1, -0.05) is 24.9 Å². The minimum atomic E-state index is 0.314. The fraction of sp³-hybridized carbons (Fsp3) is 0.900. The quantitative estimate of drug-likeness (QED) is 0.281. The van der Waals surface area contributed by atoms with Crippen molar-refractivity contribution in [3.8, 4) is 0 Å². The summed E-state index contributed by atoms with van der Waals surface area (Å²) in [5.74, 6) is 1.26. The first-order valence-corrected chi connectivity index (χ1v) is 5.45. The van der Waals surface area contributed by atoms with E-state index in [4.69, 9.17) is 10.9 Å². The Bertz CT molecular complexity index is 190. The van der Waals surface area contributed by atoms with E-state index in [1.165, 1.54) is 19.3 Å². The third-order valence-corrected chi connectivity index (χ3v) is 2.60. The fourth-order valence-electron chi connectivity index (χ4n) is 1.62. The molecule has 0 aromatic heterocycles. The molecule has 0 heterocycles. The lowest BCUT2D eigenvalue weighted by atomic mass is 10.2. The molecule has 0 unspecified atom stereocenters. The van der Waals surface area contributed by atoms with E-state index < -0.39 is 0 Å². The lowest BCUT2D eigenvalue weighted by Gasteiger charge is -2.20. The maximum atomic E-state index is 8.48. The normalized spacial score (nSPS) is 17.7. The van der Waals surface area contributed by atoms with Crippen molar-refractivity contribution in [2.75, 3.05) is 19.6 Å². The first-order chi connectivity index (χ1) is 6.76. The second kappa shape index (κ2) is 5.86. The number of oxime groups is 1. The van der Waals surface area contributed by atoms with Crippen LogP contribution in [0.15, 0.2) is 5.16 Å². The average Bonchev–Trinajstić information content (AvgIpc) is 2.98. The van der Waals surface area contributed by atoms with Gasteiger partial charge in [0.25, 0.3) is 0 Å². The zero-order chi connectivity index (χ0) is 10.4. The monoisotopic (exact) mass is 199 g/mol. The molecule has 1 fully saturated rings. The second-order valence-electron chi connectivity index (χ2n) is 4.10. The maximum Gasteiger partial charge on any atom is 0.153 e. The van der Waals surface area contributed by atoms with Crippen LogP contribution >= 0.6 is 0 Å². The summed E-state index contributed by atoms with van der Waals surface area (Å²) in [6, 6.07) is 0. The predicted molar refractivity (Wildman–Crippen MR) is 57.5 cm³/mol. The first kappa shape index (κ1) is 11.3. The highest BCUT2D eigenvalue weighted by atomic mass is 16.4. The van der Waals surface area contributed by atoms with Crippen LogP contribution < -0.4 is 5.73 Å². The lowest BCUT2D eigenvalue weighted by Crippen LogP contribution is -2.35. The molecular formula is C10H21N3O. The molecule has 3 N–H and O–H groups in total. The summed E-state index contributed by atoms with van der Waals surface area (Å²) in [4.78, 5) is 2.26. The van der Waals surface area contributed by atoms with E-state index in [1.54, 1.807) is 0 Å². The Morgan fingerprint density at radius 2 is 2.21 bits per heavy atom. The summed E-state index contributed by atoms with van der Waals surface area (Å²) in [6.07, 6.45) is 5.16. The molecule has 0 saturated heterocycles. The van der Waals surface area contributed by atoms with Crippen LogP contribution in [0.4, 0.5) is 0 Å². The smallest absolute Gasteiger partial charge is 0.153 e. The molecule has 1 aliphatic carbocycles. The molecule has 0 bridgehead atoms. The average molecular weight is 199 g/mol. The van der Waals surface area contributed by atoms with Crippen molar-refractivity contribution in [1.29, 1.82) is 0 Å². The molecule has 1 aliphatic rings. The molecule has 82 valence electrons. The van der Waals surface area contributed by atoms with Crippen LogP contribution in [0, 0.1) is 5.92 Å². The molecule has 14 heavy (non-hydrogen) atoms. The zero-order valence-corrected chi connectivity index (χ0v) is 8.95. The third-order valence-electron chi connectivity index (χ3n) is 2.60. The van der Waals surface area contributed by atoms with Crippen molar-refractivity contribution >= 4 is 5.84 Å². The molecule has 0 amide bonds. The molecule has 1 rings (SSSR count). The number of amidine groups is 1. The number of nitrogens with zero attached hydrogens (tertiary/aromatic N) is 2. The Labute approximate surface area is 85.8 Å². The highest BCUT2D eigenvalue weighted by Crippen LogP contribution is 2.32. The summed E-state index contributed by atoms with van der Waals surface area (Å²) >= 11 is 0. The largest absolute Gasteiger partial charge is 0.409 e. The van der Waals surface area contributed by atoms with E-state index in [1.807, 2.05) is 0 Å². The molecule has 4 heteroatoms. The van der Waals surface area contributed by atoms with Crippen LogP contribution in [0.5, 0.6) is 0 Å². The molecule has 1 saturated carbocycles. The minimum absolute atomic E-state index is 0.314. The van der Waals surface area contributed by atoms with Gasteiger partial charge in [-0.15, -0.1) is 0 Å². The number of hydrogen-bond acceptors (Lipinski definition) is 3. The lowest BCUT2D eigenvalue weighted by molar-refractivity contribution is 0.285. The molecular weight excluding hydrogens is 178 g/mol. The highest BCUT2D eigenvalue weighted by Gasteiger charge is 2.21. The van der Waals surface area contributed by atoms with Crippen molar-refractivity contribution in [1.82, 2.24) is 4.90 Å². The Morgan fingerprint density at radius 1 is 1.50 bits per heavy atom. The van der Waals surface area contributed by atoms with Crippen LogP contribution in [0.25, 0.3) is 0 Å². The standard InChI is InChI=1S/C10H21N3O/c1-2-6-13(8-10(11)12-14)7-5-9-3-4-9/h9,14H,2-8H2,1H3,(H2,11,12). The van der Waals surface area contributed by atoms with Gasteiger partial charge in [0.1, 0.15) is 0 Å². The minimum Gasteiger partial charge on any atom is -0.409 e. The van der Waals surface area contributed by atoms with Gasteiger partial charge in [-0.25, -0.2) is 0 Å². The van der Waals surface area contributed by atoms with Crippen LogP contribution in [0.1, 0.15) is 32.6 Å². The van der Waals surface area contributed by atoms with E-state index in [9.17, 15) is 0 Å². The Balaban J connectivity index is 2.21. The van der Waals surface area contributed by atoms with Crippen molar-refractivity contribution in [2.45, 2.75) is 32.6 Å². The van der Waals surface area contributed by atoms with E-state index in [-0.39, 0.29) is 0 Å². The fourth-order valence-corrected chi connectivity index (χ4v) is 1.62. The summed E-state index contributed by atoms with van der Waals surface area (Å²) < 4.78 is 0. The van der Waals surface area contributed by atoms with Crippen LogP contribution in [-0.4, -0.2) is 35.6 Å². The van der Waals surface area contributed by atoms with Gasteiger partial charge < -0.3 is 10.9 Å². The highest BCUT2D eigenvalue weighted by molar-refractivity contribution is 5.81. The van der Waals surface area contributed by atoms with E-state index in [2.05, 4.69) is 17.0 Å². The van der Waals surface area contributed by atoms with Gasteiger partial charge in [0.05, 0.1) is 6.54 Å². The number of hydrogen-bond donors (Lipinski definition) is 2. The zero-order valence-electron chi connectivity index (χ0n) is 8.95. The summed E-state index contributed by atoms with van der Waals surface area (Å²) in [5.41, 5.74) is 5.48. The summed E-state index contributed by atoms with van der Waals surface area (Å²) in [7, 11) is 0. The third kappa shape index (κ3) is 4.46. The van der Waals surface area contributed by atoms with E-state index in [0.29, 0.717) is 12.4 Å². The molecule has 0 aromatic carbocycles. The van der Waals surface area contributed by atoms with Crippen molar-refractivity contribution < 1.29 is 5.21 Å². The Morgan fingerprint density at radius 3 is 2.71 bits per heavy atom. The molecule has 0 aromatic rings. The van der Waals surface area contributed by atoms with Gasteiger partial charge in [0.2, 0.25) is 0 Å². The van der Waals surface area contributed by atoms with Gasteiger partial charge in [0.15, 0.2) is 5.84 Å². The molecule has 0 aliphatic heterocycles. The van der Waals surface area contributed by atoms with Crippen LogP contribution in [0.2, 0.25) is 0 Å². The second-order valence-corrected chi connectivity index (χ2v) is 4.10. The number of nitrogens with two attached hydrogens (primary N) is 1. The maximum absolute atomic E-state index is 8.48.